The van der Waals surface area contributed by atoms with Crippen LogP contribution in [0.5, 0.6) is 0 Å². The Labute approximate surface area is 121 Å². The standard InChI is InChI=1S/C15H13ClFNO2/c1-9-8-10(16)2-7-13(9)14(15(19)20)18-12-5-3-11(17)4-6-12/h2-8,14,18H,1H3,(H,19,20). The van der Waals surface area contributed by atoms with Crippen LogP contribution in [0.1, 0.15) is 17.2 Å². The van der Waals surface area contributed by atoms with Crippen molar-refractivity contribution in [2.45, 2.75) is 13.0 Å². The van der Waals surface area contributed by atoms with E-state index in [1.165, 1.54) is 24.3 Å². The molecular formula is C15H13ClFNO2. The first-order valence-electron chi connectivity index (χ1n) is 5.98. The van der Waals surface area contributed by atoms with E-state index in [4.69, 9.17) is 11.6 Å². The fourth-order valence-electron chi connectivity index (χ4n) is 1.95. The smallest absolute Gasteiger partial charge is 0.330 e. The van der Waals surface area contributed by atoms with E-state index in [1.807, 2.05) is 0 Å². The zero-order valence-corrected chi connectivity index (χ0v) is 11.5. The summed E-state index contributed by atoms with van der Waals surface area (Å²) in [5, 5.41) is 12.8. The van der Waals surface area contributed by atoms with Gasteiger partial charge in [-0.15, -0.1) is 0 Å². The molecule has 2 N–H and O–H groups in total. The molecule has 3 nitrogen and oxygen atoms in total. The Morgan fingerprint density at radius 1 is 1.25 bits per heavy atom. The van der Waals surface area contributed by atoms with Crippen LogP contribution in [-0.4, -0.2) is 11.1 Å². The maximum Gasteiger partial charge on any atom is 0.330 e. The molecule has 0 aromatic heterocycles. The first kappa shape index (κ1) is 14.3. The van der Waals surface area contributed by atoms with Gasteiger partial charge >= 0.3 is 5.97 Å². The van der Waals surface area contributed by atoms with Crippen molar-refractivity contribution >= 4 is 23.3 Å². The fraction of sp³-hybridized carbons (Fsp3) is 0.133. The van der Waals surface area contributed by atoms with Crippen LogP contribution in [0.4, 0.5) is 10.1 Å². The summed E-state index contributed by atoms with van der Waals surface area (Å²) in [4.78, 5) is 11.4. The van der Waals surface area contributed by atoms with Gasteiger partial charge in [0, 0.05) is 10.7 Å². The van der Waals surface area contributed by atoms with E-state index in [9.17, 15) is 14.3 Å². The Balaban J connectivity index is 2.31. The van der Waals surface area contributed by atoms with Crippen LogP contribution in [0.2, 0.25) is 5.02 Å². The van der Waals surface area contributed by atoms with Crippen LogP contribution in [0, 0.1) is 12.7 Å². The highest BCUT2D eigenvalue weighted by Gasteiger charge is 2.21. The van der Waals surface area contributed by atoms with Crippen molar-refractivity contribution in [2.75, 3.05) is 5.32 Å². The van der Waals surface area contributed by atoms with Gasteiger partial charge in [0.2, 0.25) is 0 Å². The number of rotatable bonds is 4. The number of aliphatic carboxylic acids is 1. The molecule has 0 aliphatic carbocycles. The van der Waals surface area contributed by atoms with Gasteiger partial charge < -0.3 is 10.4 Å². The van der Waals surface area contributed by atoms with Crippen LogP contribution in [0.15, 0.2) is 42.5 Å². The third-order valence-electron chi connectivity index (χ3n) is 2.95. The van der Waals surface area contributed by atoms with Crippen LogP contribution < -0.4 is 5.32 Å². The molecule has 0 aliphatic rings. The Bertz CT molecular complexity index is 628. The van der Waals surface area contributed by atoms with Crippen molar-refractivity contribution in [3.05, 3.63) is 64.4 Å². The molecule has 5 heteroatoms. The fourth-order valence-corrected chi connectivity index (χ4v) is 2.17. The number of hydrogen-bond acceptors (Lipinski definition) is 2. The van der Waals surface area contributed by atoms with Crippen molar-refractivity contribution in [1.29, 1.82) is 0 Å². The van der Waals surface area contributed by atoms with E-state index >= 15 is 0 Å². The van der Waals surface area contributed by atoms with E-state index in [0.29, 0.717) is 16.3 Å². The molecule has 104 valence electrons. The van der Waals surface area contributed by atoms with E-state index in [1.54, 1.807) is 25.1 Å². The van der Waals surface area contributed by atoms with Gasteiger partial charge in [0.15, 0.2) is 6.04 Å². The lowest BCUT2D eigenvalue weighted by atomic mass is 10.0. The zero-order chi connectivity index (χ0) is 14.7. The largest absolute Gasteiger partial charge is 0.479 e. The molecule has 0 saturated carbocycles. The lowest BCUT2D eigenvalue weighted by molar-refractivity contribution is -0.138. The first-order valence-corrected chi connectivity index (χ1v) is 6.36. The molecule has 1 unspecified atom stereocenters. The van der Waals surface area contributed by atoms with Gasteiger partial charge in [0.25, 0.3) is 0 Å². The Kier molecular flexibility index (Phi) is 4.25. The number of halogens is 2. The third-order valence-corrected chi connectivity index (χ3v) is 3.18. The SMILES string of the molecule is Cc1cc(Cl)ccc1C(Nc1ccc(F)cc1)C(=O)O. The molecule has 0 bridgehead atoms. The summed E-state index contributed by atoms with van der Waals surface area (Å²) in [5.74, 6) is -1.38. The van der Waals surface area contributed by atoms with Crippen molar-refractivity contribution in [3.8, 4) is 0 Å². The Hall–Kier alpha value is -2.07. The summed E-state index contributed by atoms with van der Waals surface area (Å²) in [5.41, 5.74) is 1.93. The van der Waals surface area contributed by atoms with E-state index in [2.05, 4.69) is 5.32 Å². The normalized spacial score (nSPS) is 11.9. The van der Waals surface area contributed by atoms with E-state index in [0.717, 1.165) is 5.56 Å². The molecule has 2 aromatic carbocycles. The van der Waals surface area contributed by atoms with Crippen molar-refractivity contribution < 1.29 is 14.3 Å². The predicted molar refractivity (Wildman–Crippen MR) is 76.6 cm³/mol. The predicted octanol–water partition coefficient (Wildman–Crippen LogP) is 4.03. The van der Waals surface area contributed by atoms with Gasteiger partial charge in [-0.05, 0) is 54.4 Å². The number of nitrogens with one attached hydrogen (secondary N) is 1. The number of carbonyl (C=O) groups is 1. The summed E-state index contributed by atoms with van der Waals surface area (Å²) >= 11 is 5.87. The Morgan fingerprint density at radius 3 is 2.45 bits per heavy atom. The molecule has 0 aliphatic heterocycles. The minimum Gasteiger partial charge on any atom is -0.479 e. The molecular weight excluding hydrogens is 281 g/mol. The van der Waals surface area contributed by atoms with Gasteiger partial charge in [-0.25, -0.2) is 9.18 Å². The molecule has 2 aromatic rings. The topological polar surface area (TPSA) is 49.3 Å². The zero-order valence-electron chi connectivity index (χ0n) is 10.7. The molecule has 1 atom stereocenters. The van der Waals surface area contributed by atoms with E-state index < -0.39 is 12.0 Å². The maximum atomic E-state index is 12.9. The number of aryl methyl sites for hydroxylation is 1. The molecule has 0 spiro atoms. The van der Waals surface area contributed by atoms with Crippen LogP contribution in [-0.2, 0) is 4.79 Å². The number of carboxylic acids is 1. The van der Waals surface area contributed by atoms with E-state index in [-0.39, 0.29) is 5.82 Å². The van der Waals surface area contributed by atoms with Crippen molar-refractivity contribution in [1.82, 2.24) is 0 Å². The van der Waals surface area contributed by atoms with Crippen LogP contribution in [0.25, 0.3) is 0 Å². The Morgan fingerprint density at radius 2 is 1.90 bits per heavy atom. The number of benzene rings is 2. The third kappa shape index (κ3) is 3.27. The highest BCUT2D eigenvalue weighted by atomic mass is 35.5. The minimum absolute atomic E-state index is 0.370. The van der Waals surface area contributed by atoms with Gasteiger partial charge in [-0.3, -0.25) is 0 Å². The molecule has 20 heavy (non-hydrogen) atoms. The van der Waals surface area contributed by atoms with Gasteiger partial charge in [-0.2, -0.15) is 0 Å². The molecule has 0 saturated heterocycles. The molecule has 0 radical (unpaired) electrons. The summed E-state index contributed by atoms with van der Waals surface area (Å²) in [7, 11) is 0. The summed E-state index contributed by atoms with van der Waals surface area (Å²) < 4.78 is 12.9. The van der Waals surface area contributed by atoms with Gasteiger partial charge in [-0.1, -0.05) is 17.7 Å². The monoisotopic (exact) mass is 293 g/mol. The number of carboxylic acid groups (broad SMARTS) is 1. The lowest BCUT2D eigenvalue weighted by Gasteiger charge is -2.18. The number of hydrogen-bond donors (Lipinski definition) is 2. The lowest BCUT2D eigenvalue weighted by Crippen LogP contribution is -2.21. The van der Waals surface area contributed by atoms with Crippen molar-refractivity contribution in [3.63, 3.8) is 0 Å². The highest BCUT2D eigenvalue weighted by Crippen LogP contribution is 2.25. The molecule has 0 amide bonds. The van der Waals surface area contributed by atoms with Crippen molar-refractivity contribution in [2.24, 2.45) is 0 Å². The second kappa shape index (κ2) is 5.92. The first-order chi connectivity index (χ1) is 9.47. The maximum absolute atomic E-state index is 12.9. The summed E-state index contributed by atoms with van der Waals surface area (Å²) in [6, 6.07) is 9.65. The second-order valence-electron chi connectivity index (χ2n) is 4.42. The van der Waals surface area contributed by atoms with Gasteiger partial charge in [0.05, 0.1) is 0 Å². The van der Waals surface area contributed by atoms with Crippen LogP contribution >= 0.6 is 11.6 Å². The molecule has 0 heterocycles. The summed E-state index contributed by atoms with van der Waals surface area (Å²) in [6.45, 7) is 1.80. The quantitative estimate of drug-likeness (QED) is 0.895. The van der Waals surface area contributed by atoms with Gasteiger partial charge in [0.1, 0.15) is 5.82 Å². The summed E-state index contributed by atoms with van der Waals surface area (Å²) in [6.07, 6.45) is 0. The van der Waals surface area contributed by atoms with Crippen LogP contribution in [0.3, 0.4) is 0 Å². The highest BCUT2D eigenvalue weighted by molar-refractivity contribution is 6.30. The average molecular weight is 294 g/mol. The average Bonchev–Trinajstić information content (AvgIpc) is 2.39. The molecule has 2 rings (SSSR count). The molecule has 0 fully saturated rings. The second-order valence-corrected chi connectivity index (χ2v) is 4.86. The number of anilines is 1. The minimum atomic E-state index is -1.01.